The standard InChI is InChI=1S/C25H32N4O2/c1-4-5-16-28(3)24(30)18-29-22-13-7-6-12-21(22)27-23(29)14-9-15-26-25(31)20-11-8-10-19(2)17-20/h6-8,10-13,17H,4-5,9,14-16,18H2,1-3H3,(H,26,31). The first kappa shape index (κ1) is 22.5. The van der Waals surface area contributed by atoms with Gasteiger partial charge in [-0.05, 0) is 44.0 Å². The minimum Gasteiger partial charge on any atom is -0.352 e. The van der Waals surface area contributed by atoms with Crippen molar-refractivity contribution in [3.05, 3.63) is 65.5 Å². The normalized spacial score (nSPS) is 10.9. The second kappa shape index (κ2) is 10.8. The molecule has 164 valence electrons. The lowest BCUT2D eigenvalue weighted by molar-refractivity contribution is -0.130. The molecular formula is C25H32N4O2. The molecule has 1 N–H and O–H groups in total. The van der Waals surface area contributed by atoms with Gasteiger partial charge in [0.05, 0.1) is 11.0 Å². The van der Waals surface area contributed by atoms with Crippen LogP contribution in [0.3, 0.4) is 0 Å². The molecule has 3 aromatic rings. The second-order valence-electron chi connectivity index (χ2n) is 8.00. The van der Waals surface area contributed by atoms with Gasteiger partial charge in [-0.15, -0.1) is 0 Å². The summed E-state index contributed by atoms with van der Waals surface area (Å²) in [6.07, 6.45) is 3.50. The highest BCUT2D eigenvalue weighted by atomic mass is 16.2. The number of nitrogens with one attached hydrogen (secondary N) is 1. The molecule has 6 nitrogen and oxygen atoms in total. The van der Waals surface area contributed by atoms with Crippen LogP contribution in [0.15, 0.2) is 48.5 Å². The molecule has 31 heavy (non-hydrogen) atoms. The molecule has 0 radical (unpaired) electrons. The number of amides is 2. The Morgan fingerprint density at radius 1 is 1.10 bits per heavy atom. The van der Waals surface area contributed by atoms with Gasteiger partial charge in [-0.1, -0.05) is 43.2 Å². The molecule has 6 heteroatoms. The highest BCUT2D eigenvalue weighted by Crippen LogP contribution is 2.17. The summed E-state index contributed by atoms with van der Waals surface area (Å²) >= 11 is 0. The van der Waals surface area contributed by atoms with Crippen molar-refractivity contribution in [2.75, 3.05) is 20.1 Å². The minimum absolute atomic E-state index is 0.0649. The van der Waals surface area contributed by atoms with Crippen LogP contribution in [0.25, 0.3) is 11.0 Å². The van der Waals surface area contributed by atoms with Crippen LogP contribution in [-0.4, -0.2) is 46.4 Å². The maximum atomic E-state index is 12.7. The van der Waals surface area contributed by atoms with Crippen LogP contribution in [0.2, 0.25) is 0 Å². The fourth-order valence-corrected chi connectivity index (χ4v) is 3.61. The van der Waals surface area contributed by atoms with Gasteiger partial charge < -0.3 is 14.8 Å². The van der Waals surface area contributed by atoms with E-state index in [-0.39, 0.29) is 18.4 Å². The Kier molecular flexibility index (Phi) is 7.82. The van der Waals surface area contributed by atoms with Crippen molar-refractivity contribution in [2.45, 2.75) is 46.1 Å². The van der Waals surface area contributed by atoms with E-state index in [1.807, 2.05) is 67.1 Å². The molecule has 2 amide bonds. The molecule has 0 spiro atoms. The van der Waals surface area contributed by atoms with Gasteiger partial charge in [0.25, 0.3) is 5.91 Å². The number of carbonyl (C=O) groups is 2. The molecule has 0 saturated heterocycles. The number of nitrogens with zero attached hydrogens (tertiary/aromatic N) is 3. The van der Waals surface area contributed by atoms with E-state index < -0.39 is 0 Å². The van der Waals surface area contributed by atoms with Gasteiger partial charge in [0.2, 0.25) is 5.91 Å². The van der Waals surface area contributed by atoms with Crippen LogP contribution in [0, 0.1) is 6.92 Å². The molecule has 0 saturated carbocycles. The molecule has 0 fully saturated rings. The summed E-state index contributed by atoms with van der Waals surface area (Å²) in [5.74, 6) is 0.902. The second-order valence-corrected chi connectivity index (χ2v) is 8.00. The Hall–Kier alpha value is -3.15. The smallest absolute Gasteiger partial charge is 0.251 e. The van der Waals surface area contributed by atoms with E-state index in [9.17, 15) is 9.59 Å². The third kappa shape index (κ3) is 5.94. The Labute approximate surface area is 184 Å². The summed E-state index contributed by atoms with van der Waals surface area (Å²) in [7, 11) is 1.86. The van der Waals surface area contributed by atoms with Gasteiger partial charge >= 0.3 is 0 Å². The van der Waals surface area contributed by atoms with Gasteiger partial charge in [-0.2, -0.15) is 0 Å². The van der Waals surface area contributed by atoms with E-state index in [0.29, 0.717) is 18.5 Å². The fourth-order valence-electron chi connectivity index (χ4n) is 3.61. The molecule has 0 aliphatic rings. The minimum atomic E-state index is -0.0649. The average molecular weight is 421 g/mol. The zero-order valence-corrected chi connectivity index (χ0v) is 18.7. The molecule has 2 aromatic carbocycles. The van der Waals surface area contributed by atoms with E-state index in [0.717, 1.165) is 48.2 Å². The number of aryl methyl sites for hydroxylation is 2. The molecule has 0 unspecified atom stereocenters. The number of unbranched alkanes of at least 4 members (excludes halogenated alkanes) is 1. The largest absolute Gasteiger partial charge is 0.352 e. The number of fused-ring (bicyclic) bond motifs is 1. The maximum absolute atomic E-state index is 12.7. The Balaban J connectivity index is 1.64. The van der Waals surface area contributed by atoms with Crippen LogP contribution in [-0.2, 0) is 17.8 Å². The molecule has 0 aliphatic heterocycles. The molecular weight excluding hydrogens is 388 g/mol. The summed E-state index contributed by atoms with van der Waals surface area (Å²) in [5, 5.41) is 2.98. The lowest BCUT2D eigenvalue weighted by atomic mass is 10.1. The van der Waals surface area contributed by atoms with Crippen molar-refractivity contribution in [3.63, 3.8) is 0 Å². The first-order chi connectivity index (χ1) is 15.0. The van der Waals surface area contributed by atoms with Gasteiger partial charge in [0.1, 0.15) is 12.4 Å². The Bertz CT molecular complexity index is 1040. The number of para-hydroxylation sites is 2. The number of rotatable bonds is 10. The first-order valence-corrected chi connectivity index (χ1v) is 11.0. The lowest BCUT2D eigenvalue weighted by Gasteiger charge is -2.18. The summed E-state index contributed by atoms with van der Waals surface area (Å²) in [6.45, 7) is 5.70. The number of hydrogen-bond donors (Lipinski definition) is 1. The van der Waals surface area contributed by atoms with Crippen molar-refractivity contribution in [3.8, 4) is 0 Å². The predicted molar refractivity (Wildman–Crippen MR) is 124 cm³/mol. The van der Waals surface area contributed by atoms with Gasteiger partial charge in [-0.25, -0.2) is 4.98 Å². The zero-order chi connectivity index (χ0) is 22.2. The molecule has 1 heterocycles. The van der Waals surface area contributed by atoms with E-state index in [2.05, 4.69) is 12.2 Å². The number of benzene rings is 2. The Morgan fingerprint density at radius 3 is 2.68 bits per heavy atom. The highest BCUT2D eigenvalue weighted by molar-refractivity contribution is 5.94. The van der Waals surface area contributed by atoms with Crippen LogP contribution in [0.5, 0.6) is 0 Å². The SMILES string of the molecule is CCCCN(C)C(=O)Cn1c(CCCNC(=O)c2cccc(C)c2)nc2ccccc21. The monoisotopic (exact) mass is 420 g/mol. The van der Waals surface area contributed by atoms with E-state index in [1.165, 1.54) is 0 Å². The number of imidazole rings is 1. The van der Waals surface area contributed by atoms with Gasteiger partial charge in [0.15, 0.2) is 0 Å². The van der Waals surface area contributed by atoms with Crippen molar-refractivity contribution >= 4 is 22.8 Å². The maximum Gasteiger partial charge on any atom is 0.251 e. The summed E-state index contributed by atoms with van der Waals surface area (Å²) < 4.78 is 2.02. The Morgan fingerprint density at radius 2 is 1.90 bits per heavy atom. The number of likely N-dealkylation sites (N-methyl/N-ethyl adjacent to an activating group) is 1. The third-order valence-corrected chi connectivity index (χ3v) is 5.44. The predicted octanol–water partition coefficient (Wildman–Crippen LogP) is 3.97. The summed E-state index contributed by atoms with van der Waals surface area (Å²) in [4.78, 5) is 31.6. The number of aromatic nitrogens is 2. The number of hydrogen-bond acceptors (Lipinski definition) is 3. The summed E-state index contributed by atoms with van der Waals surface area (Å²) in [5.41, 5.74) is 3.60. The van der Waals surface area contributed by atoms with Crippen LogP contribution in [0.1, 0.15) is 47.9 Å². The average Bonchev–Trinajstić information content (AvgIpc) is 3.12. The van der Waals surface area contributed by atoms with Crippen molar-refractivity contribution in [1.29, 1.82) is 0 Å². The van der Waals surface area contributed by atoms with Crippen LogP contribution < -0.4 is 5.32 Å². The quantitative estimate of drug-likeness (QED) is 0.505. The van der Waals surface area contributed by atoms with Crippen LogP contribution in [0.4, 0.5) is 0 Å². The molecule has 0 atom stereocenters. The lowest BCUT2D eigenvalue weighted by Crippen LogP contribution is -2.31. The topological polar surface area (TPSA) is 67.2 Å². The van der Waals surface area contributed by atoms with Crippen LogP contribution >= 0.6 is 0 Å². The van der Waals surface area contributed by atoms with Crippen molar-refractivity contribution in [1.82, 2.24) is 19.8 Å². The first-order valence-electron chi connectivity index (χ1n) is 11.0. The molecule has 3 rings (SSSR count). The van der Waals surface area contributed by atoms with E-state index in [1.54, 1.807) is 4.90 Å². The van der Waals surface area contributed by atoms with Crippen molar-refractivity contribution < 1.29 is 9.59 Å². The van der Waals surface area contributed by atoms with Gasteiger partial charge in [0, 0.05) is 32.1 Å². The van der Waals surface area contributed by atoms with E-state index >= 15 is 0 Å². The zero-order valence-electron chi connectivity index (χ0n) is 18.7. The molecule has 1 aromatic heterocycles. The third-order valence-electron chi connectivity index (χ3n) is 5.44. The fraction of sp³-hybridized carbons (Fsp3) is 0.400. The van der Waals surface area contributed by atoms with E-state index in [4.69, 9.17) is 4.98 Å². The van der Waals surface area contributed by atoms with Crippen molar-refractivity contribution in [2.24, 2.45) is 0 Å². The highest BCUT2D eigenvalue weighted by Gasteiger charge is 2.16. The van der Waals surface area contributed by atoms with Gasteiger partial charge in [-0.3, -0.25) is 9.59 Å². The molecule has 0 aliphatic carbocycles. The number of carbonyl (C=O) groups excluding carboxylic acids is 2. The summed E-state index contributed by atoms with van der Waals surface area (Å²) in [6, 6.07) is 15.5. The molecule has 0 bridgehead atoms.